The van der Waals surface area contributed by atoms with Gasteiger partial charge in [-0.25, -0.2) is 4.39 Å². The number of benzene rings is 2. The van der Waals surface area contributed by atoms with Crippen molar-refractivity contribution in [3.8, 4) is 16.9 Å². The summed E-state index contributed by atoms with van der Waals surface area (Å²) in [6.45, 7) is 7.70. The maximum atomic E-state index is 14.0. The first-order valence-corrected chi connectivity index (χ1v) is 12.1. The minimum atomic E-state index is -0.264. The molecule has 186 valence electrons. The Bertz CT molecular complexity index is 1130. The van der Waals surface area contributed by atoms with E-state index in [9.17, 15) is 9.18 Å². The van der Waals surface area contributed by atoms with Gasteiger partial charge in [-0.3, -0.25) is 9.69 Å². The second-order valence-electron chi connectivity index (χ2n) is 9.46. The van der Waals surface area contributed by atoms with E-state index in [0.29, 0.717) is 25.3 Å². The van der Waals surface area contributed by atoms with Crippen molar-refractivity contribution in [2.45, 2.75) is 13.5 Å². The van der Waals surface area contributed by atoms with Crippen molar-refractivity contribution < 1.29 is 13.9 Å². The number of carbonyl (C=O) groups excluding carboxylic acids is 1. The van der Waals surface area contributed by atoms with Crippen LogP contribution in [0.15, 0.2) is 54.7 Å². The molecule has 6 nitrogen and oxygen atoms in total. The third-order valence-corrected chi connectivity index (χ3v) is 6.64. The molecule has 1 saturated heterocycles. The van der Waals surface area contributed by atoms with Crippen molar-refractivity contribution in [3.05, 3.63) is 77.4 Å². The molecule has 3 aromatic rings. The van der Waals surface area contributed by atoms with E-state index in [1.807, 2.05) is 46.9 Å². The Morgan fingerprint density at radius 2 is 1.66 bits per heavy atom. The molecule has 0 spiro atoms. The molecule has 0 saturated carbocycles. The number of hydrogen-bond donors (Lipinski definition) is 0. The summed E-state index contributed by atoms with van der Waals surface area (Å²) in [5.74, 6) is 0.553. The smallest absolute Gasteiger partial charge is 0.271 e. The average molecular weight is 479 g/mol. The van der Waals surface area contributed by atoms with Crippen LogP contribution in [0.3, 0.4) is 0 Å². The molecule has 0 radical (unpaired) electrons. The van der Waals surface area contributed by atoms with Crippen molar-refractivity contribution in [3.63, 3.8) is 0 Å². The molecule has 0 aliphatic carbocycles. The Hall–Kier alpha value is -3.16. The summed E-state index contributed by atoms with van der Waals surface area (Å²) in [6, 6.07) is 14.3. The topological polar surface area (TPSA) is 41.0 Å². The largest absolute Gasteiger partial charge is 0.497 e. The summed E-state index contributed by atoms with van der Waals surface area (Å²) in [5, 5.41) is 0. The number of likely N-dealkylation sites (N-methyl/N-ethyl adjacent to an activating group) is 1. The van der Waals surface area contributed by atoms with E-state index in [2.05, 4.69) is 23.9 Å². The van der Waals surface area contributed by atoms with Gasteiger partial charge in [0.2, 0.25) is 0 Å². The summed E-state index contributed by atoms with van der Waals surface area (Å²) >= 11 is 0. The van der Waals surface area contributed by atoms with Crippen LogP contribution in [0.25, 0.3) is 11.1 Å². The molecule has 7 heteroatoms. The SMILES string of the molecule is COc1ccc(-c2c(C)cn(Cc3ccc(F)cc3)c2C(=O)N2CCN(CCN(C)C)CC2)cc1. The molecule has 1 aliphatic heterocycles. The zero-order valence-electron chi connectivity index (χ0n) is 21.1. The molecule has 2 heterocycles. The van der Waals surface area contributed by atoms with Crippen LogP contribution in [0.2, 0.25) is 0 Å². The van der Waals surface area contributed by atoms with Gasteiger partial charge in [0.05, 0.1) is 7.11 Å². The van der Waals surface area contributed by atoms with Crippen molar-refractivity contribution in [2.75, 3.05) is 60.5 Å². The van der Waals surface area contributed by atoms with Gasteiger partial charge >= 0.3 is 0 Å². The number of halogens is 1. The summed E-state index contributed by atoms with van der Waals surface area (Å²) in [4.78, 5) is 20.5. The molecule has 1 aliphatic rings. The third kappa shape index (κ3) is 5.92. The van der Waals surface area contributed by atoms with Gasteiger partial charge in [0.1, 0.15) is 17.3 Å². The number of amides is 1. The van der Waals surface area contributed by atoms with Crippen LogP contribution >= 0.6 is 0 Å². The van der Waals surface area contributed by atoms with Crippen LogP contribution < -0.4 is 4.74 Å². The number of aryl methyl sites for hydroxylation is 1. The van der Waals surface area contributed by atoms with Crippen molar-refractivity contribution >= 4 is 5.91 Å². The first kappa shape index (κ1) is 24.9. The molecule has 0 unspecified atom stereocenters. The van der Waals surface area contributed by atoms with E-state index in [4.69, 9.17) is 4.74 Å². The Kier molecular flexibility index (Phi) is 7.88. The van der Waals surface area contributed by atoms with Gasteiger partial charge in [0, 0.05) is 57.6 Å². The maximum absolute atomic E-state index is 14.0. The lowest BCUT2D eigenvalue weighted by molar-refractivity contribution is 0.0620. The second-order valence-corrected chi connectivity index (χ2v) is 9.46. The molecule has 0 bridgehead atoms. The maximum Gasteiger partial charge on any atom is 0.271 e. The predicted octanol–water partition coefficient (Wildman–Crippen LogP) is 3.98. The number of piperazine rings is 1. The molecule has 1 aromatic heterocycles. The van der Waals surface area contributed by atoms with E-state index in [1.165, 1.54) is 12.1 Å². The molecular formula is C28H35FN4O2. The number of nitrogens with zero attached hydrogens (tertiary/aromatic N) is 4. The average Bonchev–Trinajstić information content (AvgIpc) is 3.19. The Morgan fingerprint density at radius 1 is 1.00 bits per heavy atom. The predicted molar refractivity (Wildman–Crippen MR) is 138 cm³/mol. The quantitative estimate of drug-likeness (QED) is 0.491. The lowest BCUT2D eigenvalue weighted by atomic mass is 10.0. The molecule has 1 fully saturated rings. The number of ether oxygens (including phenoxy) is 1. The van der Waals surface area contributed by atoms with Crippen LogP contribution in [-0.4, -0.2) is 85.6 Å². The van der Waals surface area contributed by atoms with Gasteiger partial charge in [-0.05, 0) is 62.0 Å². The molecule has 0 N–H and O–H groups in total. The van der Waals surface area contributed by atoms with Gasteiger partial charge in [-0.1, -0.05) is 24.3 Å². The van der Waals surface area contributed by atoms with Gasteiger partial charge in [0.25, 0.3) is 5.91 Å². The van der Waals surface area contributed by atoms with E-state index < -0.39 is 0 Å². The normalized spacial score (nSPS) is 14.5. The fourth-order valence-electron chi connectivity index (χ4n) is 4.62. The van der Waals surface area contributed by atoms with Crippen LogP contribution in [-0.2, 0) is 6.54 Å². The summed E-state index contributed by atoms with van der Waals surface area (Å²) in [7, 11) is 5.81. The molecule has 35 heavy (non-hydrogen) atoms. The van der Waals surface area contributed by atoms with Gasteiger partial charge in [0.15, 0.2) is 0 Å². The molecule has 0 atom stereocenters. The number of aromatic nitrogens is 1. The highest BCUT2D eigenvalue weighted by molar-refractivity contribution is 6.00. The van der Waals surface area contributed by atoms with E-state index in [1.54, 1.807) is 19.2 Å². The summed E-state index contributed by atoms with van der Waals surface area (Å²) < 4.78 is 20.8. The van der Waals surface area contributed by atoms with E-state index in [0.717, 1.165) is 54.2 Å². The monoisotopic (exact) mass is 478 g/mol. The first-order chi connectivity index (χ1) is 16.9. The zero-order chi connectivity index (χ0) is 24.9. The molecule has 1 amide bonds. The summed E-state index contributed by atoms with van der Waals surface area (Å²) in [5.41, 5.74) is 4.58. The second kappa shape index (κ2) is 11.1. The highest BCUT2D eigenvalue weighted by atomic mass is 19.1. The van der Waals surface area contributed by atoms with Crippen LogP contribution in [0.5, 0.6) is 5.75 Å². The minimum absolute atomic E-state index is 0.0401. The number of methoxy groups -OCH3 is 1. The minimum Gasteiger partial charge on any atom is -0.497 e. The van der Waals surface area contributed by atoms with Gasteiger partial charge in [-0.15, -0.1) is 0 Å². The van der Waals surface area contributed by atoms with Crippen molar-refractivity contribution in [2.24, 2.45) is 0 Å². The summed E-state index contributed by atoms with van der Waals surface area (Å²) in [6.07, 6.45) is 2.03. The Balaban J connectivity index is 1.64. The van der Waals surface area contributed by atoms with Gasteiger partial charge < -0.3 is 19.1 Å². The standard InChI is InChI=1S/C28H35FN4O2/c1-21-19-33(20-22-5-9-24(29)10-6-22)27(26(21)23-7-11-25(35-4)12-8-23)28(34)32-17-15-31(16-18-32)14-13-30(2)3/h5-12,19H,13-18,20H2,1-4H3. The van der Waals surface area contributed by atoms with E-state index in [-0.39, 0.29) is 11.7 Å². The highest BCUT2D eigenvalue weighted by Gasteiger charge is 2.28. The molecule has 4 rings (SSSR count). The van der Waals surface area contributed by atoms with Crippen molar-refractivity contribution in [1.29, 1.82) is 0 Å². The first-order valence-electron chi connectivity index (χ1n) is 12.1. The lowest BCUT2D eigenvalue weighted by Crippen LogP contribution is -2.50. The fourth-order valence-corrected chi connectivity index (χ4v) is 4.62. The molecular weight excluding hydrogens is 443 g/mol. The number of hydrogen-bond acceptors (Lipinski definition) is 4. The van der Waals surface area contributed by atoms with Crippen LogP contribution in [0.1, 0.15) is 21.6 Å². The van der Waals surface area contributed by atoms with Crippen LogP contribution in [0, 0.1) is 12.7 Å². The van der Waals surface area contributed by atoms with Crippen LogP contribution in [0.4, 0.5) is 4.39 Å². The zero-order valence-corrected chi connectivity index (χ0v) is 21.1. The lowest BCUT2D eigenvalue weighted by Gasteiger charge is -2.35. The Labute approximate surface area is 207 Å². The Morgan fingerprint density at radius 3 is 2.26 bits per heavy atom. The fraction of sp³-hybridized carbons (Fsp3) is 0.393. The molecule has 2 aromatic carbocycles. The van der Waals surface area contributed by atoms with E-state index >= 15 is 0 Å². The highest BCUT2D eigenvalue weighted by Crippen LogP contribution is 2.32. The van der Waals surface area contributed by atoms with Gasteiger partial charge in [-0.2, -0.15) is 0 Å². The number of carbonyl (C=O) groups is 1. The third-order valence-electron chi connectivity index (χ3n) is 6.64. The van der Waals surface area contributed by atoms with Crippen molar-refractivity contribution in [1.82, 2.24) is 19.3 Å². The number of rotatable bonds is 8.